The van der Waals surface area contributed by atoms with Crippen molar-refractivity contribution in [2.24, 2.45) is 5.14 Å². The molecule has 1 heterocycles. The number of hydrogen-bond donors (Lipinski definition) is 2. The Kier molecular flexibility index (Phi) is 3.90. The van der Waals surface area contributed by atoms with Crippen LogP contribution in [0.2, 0.25) is 0 Å². The lowest BCUT2D eigenvalue weighted by atomic mass is 10.2. The van der Waals surface area contributed by atoms with Crippen LogP contribution in [0.3, 0.4) is 0 Å². The molecule has 0 fully saturated rings. The minimum atomic E-state index is -3.92. The lowest BCUT2D eigenvalue weighted by Gasteiger charge is -2.06. The van der Waals surface area contributed by atoms with Gasteiger partial charge in [0.2, 0.25) is 10.0 Å². The molecule has 2 aromatic rings. The number of thiazole rings is 1. The Morgan fingerprint density at radius 3 is 2.68 bits per heavy atom. The van der Waals surface area contributed by atoms with Gasteiger partial charge in [0.25, 0.3) is 0 Å². The monoisotopic (exact) mass is 316 g/mol. The summed E-state index contributed by atoms with van der Waals surface area (Å²) in [4.78, 5) is 15.4. The van der Waals surface area contributed by atoms with E-state index in [1.165, 1.54) is 23.5 Å². The van der Waals surface area contributed by atoms with Crippen molar-refractivity contribution in [3.8, 4) is 0 Å². The molecule has 0 aliphatic carbocycles. The van der Waals surface area contributed by atoms with E-state index in [0.717, 1.165) is 17.8 Å². The van der Waals surface area contributed by atoms with E-state index in [0.29, 0.717) is 9.24 Å². The normalized spacial score (nSPS) is 11.4. The summed E-state index contributed by atoms with van der Waals surface area (Å²) in [5, 5.41) is 15.9. The third-order valence-corrected chi connectivity index (χ3v) is 4.99. The maximum absolute atomic E-state index is 11.2. The van der Waals surface area contributed by atoms with Crippen LogP contribution in [0.5, 0.6) is 0 Å². The first-order valence-electron chi connectivity index (χ1n) is 4.85. The molecule has 2 rings (SSSR count). The fourth-order valence-corrected chi connectivity index (χ4v) is 3.52. The van der Waals surface area contributed by atoms with E-state index in [4.69, 9.17) is 10.2 Å². The highest BCUT2D eigenvalue weighted by molar-refractivity contribution is 8.01. The van der Waals surface area contributed by atoms with Gasteiger partial charge in [-0.15, -0.1) is 11.3 Å². The van der Waals surface area contributed by atoms with E-state index in [1.807, 2.05) is 0 Å². The van der Waals surface area contributed by atoms with Gasteiger partial charge >= 0.3 is 5.97 Å². The van der Waals surface area contributed by atoms with E-state index < -0.39 is 16.0 Å². The van der Waals surface area contributed by atoms with Gasteiger partial charge in [-0.1, -0.05) is 11.8 Å². The van der Waals surface area contributed by atoms with Crippen LogP contribution in [0.4, 0.5) is 0 Å². The molecule has 1 aromatic carbocycles. The Labute approximate surface area is 117 Å². The minimum Gasteiger partial charge on any atom is -0.478 e. The summed E-state index contributed by atoms with van der Waals surface area (Å²) in [5.41, 5.74) is -0.119. The van der Waals surface area contributed by atoms with E-state index in [1.54, 1.807) is 11.6 Å². The Balaban J connectivity index is 2.47. The van der Waals surface area contributed by atoms with Gasteiger partial charge in [-0.25, -0.2) is 23.3 Å². The molecule has 0 bridgehead atoms. The highest BCUT2D eigenvalue weighted by Gasteiger charge is 2.17. The van der Waals surface area contributed by atoms with Gasteiger partial charge in [-0.2, -0.15) is 0 Å². The molecule has 0 amide bonds. The number of carboxylic acids is 1. The molecular formula is C10H8N2O4S3. The molecule has 0 unspecified atom stereocenters. The Hall–Kier alpha value is -1.42. The van der Waals surface area contributed by atoms with Gasteiger partial charge in [0, 0.05) is 16.5 Å². The number of carboxylic acid groups (broad SMARTS) is 1. The second kappa shape index (κ2) is 5.29. The summed E-state index contributed by atoms with van der Waals surface area (Å²) in [5.74, 6) is -1.22. The number of benzene rings is 1. The lowest BCUT2D eigenvalue weighted by Crippen LogP contribution is -2.13. The number of rotatable bonds is 4. The van der Waals surface area contributed by atoms with Crippen molar-refractivity contribution in [2.75, 3.05) is 0 Å². The minimum absolute atomic E-state index is 0.119. The molecule has 0 atom stereocenters. The standard InChI is InChI=1S/C10H8N2O4S3/c11-19(15,16)6-1-2-8(7(5-6)9(13)14)18-10-12-3-4-17-10/h1-5H,(H,13,14)(H2,11,15,16). The SMILES string of the molecule is NS(=O)(=O)c1ccc(Sc2nccs2)c(C(=O)O)c1. The molecule has 0 radical (unpaired) electrons. The van der Waals surface area contributed by atoms with Gasteiger partial charge < -0.3 is 5.11 Å². The summed E-state index contributed by atoms with van der Waals surface area (Å²) in [6.07, 6.45) is 1.60. The van der Waals surface area contributed by atoms with Crippen molar-refractivity contribution in [2.45, 2.75) is 14.1 Å². The Bertz CT molecular complexity index is 710. The van der Waals surface area contributed by atoms with Crippen LogP contribution in [0.1, 0.15) is 10.4 Å². The average molecular weight is 316 g/mol. The van der Waals surface area contributed by atoms with E-state index in [2.05, 4.69) is 4.98 Å². The fourth-order valence-electron chi connectivity index (χ4n) is 1.30. The van der Waals surface area contributed by atoms with Crippen molar-refractivity contribution < 1.29 is 18.3 Å². The van der Waals surface area contributed by atoms with Gasteiger partial charge in [-0.05, 0) is 18.2 Å². The van der Waals surface area contributed by atoms with Crippen LogP contribution in [0.25, 0.3) is 0 Å². The van der Waals surface area contributed by atoms with Crippen LogP contribution in [0, 0.1) is 0 Å². The van der Waals surface area contributed by atoms with Crippen LogP contribution in [-0.4, -0.2) is 24.5 Å². The summed E-state index contributed by atoms with van der Waals surface area (Å²) >= 11 is 2.52. The average Bonchev–Trinajstić information content (AvgIpc) is 2.80. The molecule has 0 saturated carbocycles. The maximum atomic E-state index is 11.2. The molecule has 3 N–H and O–H groups in total. The zero-order chi connectivity index (χ0) is 14.0. The lowest BCUT2D eigenvalue weighted by molar-refractivity contribution is 0.0693. The fraction of sp³-hybridized carbons (Fsp3) is 0. The number of primary sulfonamides is 1. The van der Waals surface area contributed by atoms with Gasteiger partial charge in [-0.3, -0.25) is 0 Å². The molecule has 6 nitrogen and oxygen atoms in total. The zero-order valence-electron chi connectivity index (χ0n) is 9.31. The molecule has 9 heteroatoms. The van der Waals surface area contributed by atoms with Crippen molar-refractivity contribution in [3.05, 3.63) is 35.3 Å². The molecule has 0 aliphatic heterocycles. The quantitative estimate of drug-likeness (QED) is 0.887. The Morgan fingerprint density at radius 2 is 2.16 bits per heavy atom. The van der Waals surface area contributed by atoms with Gasteiger partial charge in [0.1, 0.15) is 0 Å². The zero-order valence-corrected chi connectivity index (χ0v) is 11.8. The predicted molar refractivity (Wildman–Crippen MR) is 71.0 cm³/mol. The number of nitrogens with zero attached hydrogens (tertiary/aromatic N) is 1. The summed E-state index contributed by atoms with van der Waals surface area (Å²) < 4.78 is 23.1. The summed E-state index contributed by atoms with van der Waals surface area (Å²) in [6.45, 7) is 0. The highest BCUT2D eigenvalue weighted by Crippen LogP contribution is 2.32. The van der Waals surface area contributed by atoms with Crippen molar-refractivity contribution in [1.82, 2.24) is 4.98 Å². The molecule has 1 aromatic heterocycles. The Morgan fingerprint density at radius 1 is 1.42 bits per heavy atom. The molecule has 100 valence electrons. The maximum Gasteiger partial charge on any atom is 0.336 e. The summed E-state index contributed by atoms with van der Waals surface area (Å²) in [6, 6.07) is 3.74. The molecule has 19 heavy (non-hydrogen) atoms. The smallest absolute Gasteiger partial charge is 0.336 e. The van der Waals surface area contributed by atoms with Crippen LogP contribution < -0.4 is 5.14 Å². The summed E-state index contributed by atoms with van der Waals surface area (Å²) in [7, 11) is -3.92. The van der Waals surface area contributed by atoms with Crippen molar-refractivity contribution in [3.63, 3.8) is 0 Å². The third-order valence-electron chi connectivity index (χ3n) is 2.12. The first-order chi connectivity index (χ1) is 8.88. The number of aromatic nitrogens is 1. The van der Waals surface area contributed by atoms with Crippen LogP contribution in [0.15, 0.2) is 43.9 Å². The predicted octanol–water partition coefficient (Wildman–Crippen LogP) is 1.64. The first kappa shape index (κ1) is 14.0. The first-order valence-corrected chi connectivity index (χ1v) is 8.09. The molecule has 0 saturated heterocycles. The molecular weight excluding hydrogens is 308 g/mol. The second-order valence-electron chi connectivity index (χ2n) is 3.41. The van der Waals surface area contributed by atoms with E-state index >= 15 is 0 Å². The molecule has 0 spiro atoms. The highest BCUT2D eigenvalue weighted by atomic mass is 32.2. The molecule has 0 aliphatic rings. The number of nitrogens with two attached hydrogens (primary N) is 1. The van der Waals surface area contributed by atoms with E-state index in [9.17, 15) is 13.2 Å². The van der Waals surface area contributed by atoms with Crippen LogP contribution >= 0.6 is 23.1 Å². The van der Waals surface area contributed by atoms with Crippen molar-refractivity contribution in [1.29, 1.82) is 0 Å². The topological polar surface area (TPSA) is 110 Å². The van der Waals surface area contributed by atoms with Crippen LogP contribution in [-0.2, 0) is 10.0 Å². The number of hydrogen-bond acceptors (Lipinski definition) is 6. The largest absolute Gasteiger partial charge is 0.478 e. The van der Waals surface area contributed by atoms with E-state index in [-0.39, 0.29) is 10.5 Å². The number of carbonyl (C=O) groups is 1. The van der Waals surface area contributed by atoms with Crippen molar-refractivity contribution >= 4 is 39.1 Å². The van der Waals surface area contributed by atoms with Gasteiger partial charge in [0.05, 0.1) is 10.5 Å². The van der Waals surface area contributed by atoms with Gasteiger partial charge in [0.15, 0.2) is 4.34 Å². The number of sulfonamides is 1. The number of aromatic carboxylic acids is 1. The second-order valence-corrected chi connectivity index (χ2v) is 7.15. The third kappa shape index (κ3) is 3.32.